The van der Waals surface area contributed by atoms with Gasteiger partial charge in [0.25, 0.3) is 0 Å². The molecule has 7 nitrogen and oxygen atoms in total. The molecule has 0 atom stereocenters. The number of para-hydroxylation sites is 1. The maximum absolute atomic E-state index is 12.0. The largest absolute Gasteiger partial charge is 0.440 e. The fraction of sp³-hybridized carbons (Fsp3) is 0.0625. The van der Waals surface area contributed by atoms with Gasteiger partial charge in [-0.15, -0.1) is 0 Å². The van der Waals surface area contributed by atoms with E-state index in [-0.39, 0.29) is 10.6 Å². The first-order valence-corrected chi connectivity index (χ1v) is 8.49. The Balaban J connectivity index is 1.74. The first-order valence-electron chi connectivity index (χ1n) is 6.94. The molecule has 0 saturated carbocycles. The zero-order chi connectivity index (χ0) is 17.3. The van der Waals surface area contributed by atoms with E-state index in [4.69, 9.17) is 14.3 Å². The quantitative estimate of drug-likeness (QED) is 0.757. The van der Waals surface area contributed by atoms with Gasteiger partial charge in [-0.1, -0.05) is 18.2 Å². The van der Waals surface area contributed by atoms with Crippen LogP contribution in [0.15, 0.2) is 57.8 Å². The first-order chi connectivity index (χ1) is 11.3. The number of rotatable bonds is 3. The third-order valence-electron chi connectivity index (χ3n) is 3.42. The summed E-state index contributed by atoms with van der Waals surface area (Å²) in [6.45, 7) is 1.82. The topological polar surface area (TPSA) is 112 Å². The number of benzene rings is 2. The van der Waals surface area contributed by atoms with Crippen LogP contribution >= 0.6 is 0 Å². The molecule has 0 saturated heterocycles. The lowest BCUT2D eigenvalue weighted by molar-refractivity contribution is 0.214. The van der Waals surface area contributed by atoms with E-state index in [0.29, 0.717) is 11.5 Å². The summed E-state index contributed by atoms with van der Waals surface area (Å²) in [5.41, 5.74) is 1.44. The van der Waals surface area contributed by atoms with Crippen molar-refractivity contribution in [3.8, 4) is 5.75 Å². The smallest absolute Gasteiger partial charge is 0.419 e. The Kier molecular flexibility index (Phi) is 4.00. The number of nitrogens with two attached hydrogens (primary N) is 1. The van der Waals surface area contributed by atoms with Crippen LogP contribution in [0.1, 0.15) is 5.56 Å². The van der Waals surface area contributed by atoms with Crippen molar-refractivity contribution >= 4 is 33.0 Å². The molecule has 0 fully saturated rings. The number of sulfonamides is 1. The molecule has 24 heavy (non-hydrogen) atoms. The van der Waals surface area contributed by atoms with Crippen molar-refractivity contribution in [2.24, 2.45) is 5.14 Å². The Morgan fingerprint density at radius 1 is 1.12 bits per heavy atom. The van der Waals surface area contributed by atoms with Crippen LogP contribution < -0.4 is 15.2 Å². The fourth-order valence-electron chi connectivity index (χ4n) is 2.22. The molecule has 1 heterocycles. The predicted octanol–water partition coefficient (Wildman–Crippen LogP) is 3.00. The molecular weight excluding hydrogens is 332 g/mol. The Hall–Kier alpha value is -2.84. The second-order valence-electron chi connectivity index (χ2n) is 5.08. The van der Waals surface area contributed by atoms with Gasteiger partial charge in [0, 0.05) is 10.9 Å². The molecule has 124 valence electrons. The number of amides is 1. The van der Waals surface area contributed by atoms with E-state index < -0.39 is 16.1 Å². The number of nitrogens with one attached hydrogen (secondary N) is 1. The van der Waals surface area contributed by atoms with Crippen molar-refractivity contribution < 1.29 is 22.4 Å². The van der Waals surface area contributed by atoms with E-state index in [0.717, 1.165) is 10.9 Å². The van der Waals surface area contributed by atoms with Crippen molar-refractivity contribution in [1.29, 1.82) is 0 Å². The number of carbonyl (C=O) groups is 1. The van der Waals surface area contributed by atoms with Gasteiger partial charge in [-0.05, 0) is 37.3 Å². The van der Waals surface area contributed by atoms with Crippen molar-refractivity contribution in [2.75, 3.05) is 5.32 Å². The second kappa shape index (κ2) is 5.99. The van der Waals surface area contributed by atoms with E-state index in [1.165, 1.54) is 24.3 Å². The average Bonchev–Trinajstić information content (AvgIpc) is 2.83. The van der Waals surface area contributed by atoms with Gasteiger partial charge < -0.3 is 9.15 Å². The molecule has 0 bridgehead atoms. The molecule has 1 amide bonds. The number of hydrogen-bond donors (Lipinski definition) is 2. The van der Waals surface area contributed by atoms with Crippen LogP contribution in [0.25, 0.3) is 11.0 Å². The molecular formula is C16H14N2O5S. The minimum Gasteiger partial charge on any atom is -0.440 e. The molecule has 0 aliphatic carbocycles. The van der Waals surface area contributed by atoms with Crippen molar-refractivity contribution in [2.45, 2.75) is 11.8 Å². The number of furan rings is 1. The third kappa shape index (κ3) is 3.24. The van der Waals surface area contributed by atoms with Gasteiger partial charge in [0.1, 0.15) is 11.3 Å². The minimum atomic E-state index is -3.79. The summed E-state index contributed by atoms with van der Waals surface area (Å²) in [5, 5.41) is 8.42. The molecule has 0 radical (unpaired) electrons. The van der Waals surface area contributed by atoms with Crippen molar-refractivity contribution in [3.05, 3.63) is 54.1 Å². The van der Waals surface area contributed by atoms with Crippen molar-refractivity contribution in [3.63, 3.8) is 0 Å². The fourth-order valence-corrected chi connectivity index (χ4v) is 2.73. The van der Waals surface area contributed by atoms with E-state index in [2.05, 4.69) is 5.32 Å². The monoisotopic (exact) mass is 346 g/mol. The van der Waals surface area contributed by atoms with Gasteiger partial charge in [-0.3, -0.25) is 5.32 Å². The molecule has 2 aromatic carbocycles. The number of hydrogen-bond acceptors (Lipinski definition) is 5. The summed E-state index contributed by atoms with van der Waals surface area (Å²) >= 11 is 0. The molecule has 0 spiro atoms. The standard InChI is InChI=1S/C16H14N2O5S/c1-10-13-4-2-3-5-14(13)23-15(10)18-16(19)22-11-6-8-12(9-7-11)24(17,20)21/h2-9H,1H3,(H,18,19)(H2,17,20,21). The predicted molar refractivity (Wildman–Crippen MR) is 88.4 cm³/mol. The lowest BCUT2D eigenvalue weighted by Gasteiger charge is -2.06. The number of anilines is 1. The van der Waals surface area contributed by atoms with Gasteiger partial charge in [0.15, 0.2) is 0 Å². The van der Waals surface area contributed by atoms with Crippen LogP contribution in [0.3, 0.4) is 0 Å². The van der Waals surface area contributed by atoms with Crippen LogP contribution in [-0.2, 0) is 10.0 Å². The minimum absolute atomic E-state index is 0.0663. The summed E-state index contributed by atoms with van der Waals surface area (Å²) in [4.78, 5) is 11.9. The molecule has 0 aliphatic heterocycles. The Morgan fingerprint density at radius 3 is 2.42 bits per heavy atom. The maximum Gasteiger partial charge on any atom is 0.419 e. The highest BCUT2D eigenvalue weighted by Crippen LogP contribution is 2.29. The van der Waals surface area contributed by atoms with Gasteiger partial charge >= 0.3 is 6.09 Å². The summed E-state index contributed by atoms with van der Waals surface area (Å²) in [6.07, 6.45) is -0.750. The molecule has 0 aliphatic rings. The number of ether oxygens (including phenoxy) is 1. The molecule has 3 rings (SSSR count). The second-order valence-corrected chi connectivity index (χ2v) is 6.64. The van der Waals surface area contributed by atoms with E-state index in [1.807, 2.05) is 25.1 Å². The van der Waals surface area contributed by atoms with Gasteiger partial charge in [0.2, 0.25) is 15.9 Å². The van der Waals surface area contributed by atoms with Crippen LogP contribution in [0, 0.1) is 6.92 Å². The number of fused-ring (bicyclic) bond motifs is 1. The van der Waals surface area contributed by atoms with E-state index in [9.17, 15) is 13.2 Å². The molecule has 0 unspecified atom stereocenters. The molecule has 3 N–H and O–H groups in total. The molecule has 8 heteroatoms. The van der Waals surface area contributed by atoms with Gasteiger partial charge in [-0.25, -0.2) is 18.4 Å². The highest BCUT2D eigenvalue weighted by molar-refractivity contribution is 7.89. The number of primary sulfonamides is 1. The highest BCUT2D eigenvalue weighted by Gasteiger charge is 2.14. The summed E-state index contributed by atoms with van der Waals surface area (Å²) in [6, 6.07) is 12.6. The van der Waals surface area contributed by atoms with Crippen LogP contribution in [-0.4, -0.2) is 14.5 Å². The molecule has 3 aromatic rings. The third-order valence-corrected chi connectivity index (χ3v) is 4.35. The van der Waals surface area contributed by atoms with Crippen LogP contribution in [0.4, 0.5) is 10.7 Å². The highest BCUT2D eigenvalue weighted by atomic mass is 32.2. The summed E-state index contributed by atoms with van der Waals surface area (Å²) in [5.74, 6) is 0.469. The number of aryl methyl sites for hydroxylation is 1. The van der Waals surface area contributed by atoms with Crippen molar-refractivity contribution in [1.82, 2.24) is 0 Å². The first kappa shape index (κ1) is 16.0. The Morgan fingerprint density at radius 2 is 1.79 bits per heavy atom. The van der Waals surface area contributed by atoms with Gasteiger partial charge in [-0.2, -0.15) is 0 Å². The number of carbonyl (C=O) groups excluding carboxylic acids is 1. The van der Waals surface area contributed by atoms with Crippen LogP contribution in [0.5, 0.6) is 5.75 Å². The Bertz CT molecular complexity index is 1010. The van der Waals surface area contributed by atoms with Gasteiger partial charge in [0.05, 0.1) is 4.90 Å². The van der Waals surface area contributed by atoms with E-state index >= 15 is 0 Å². The van der Waals surface area contributed by atoms with Crippen LogP contribution in [0.2, 0.25) is 0 Å². The lowest BCUT2D eigenvalue weighted by Crippen LogP contribution is -2.17. The molecule has 1 aromatic heterocycles. The normalized spacial score (nSPS) is 11.4. The SMILES string of the molecule is Cc1c(NC(=O)Oc2ccc(S(N)(=O)=O)cc2)oc2ccccc12. The zero-order valence-electron chi connectivity index (χ0n) is 12.6. The lowest BCUT2D eigenvalue weighted by atomic mass is 10.2. The Labute approximate surface area is 138 Å². The summed E-state index contributed by atoms with van der Waals surface area (Å²) in [7, 11) is -3.79. The van der Waals surface area contributed by atoms with E-state index in [1.54, 1.807) is 6.07 Å². The zero-order valence-corrected chi connectivity index (χ0v) is 13.5. The summed E-state index contributed by atoms with van der Waals surface area (Å²) < 4.78 is 33.0. The average molecular weight is 346 g/mol. The maximum atomic E-state index is 12.0.